The Morgan fingerprint density at radius 3 is 2.71 bits per heavy atom. The highest BCUT2D eigenvalue weighted by Crippen LogP contribution is 2.31. The molecule has 1 aromatic rings. The predicted molar refractivity (Wildman–Crippen MR) is 78.8 cm³/mol. The van der Waals surface area contributed by atoms with Crippen LogP contribution in [0, 0.1) is 5.92 Å². The largest absolute Gasteiger partial charge is 0.381 e. The minimum Gasteiger partial charge on any atom is -0.381 e. The van der Waals surface area contributed by atoms with Gasteiger partial charge >= 0.3 is 0 Å². The normalized spacial score (nSPS) is 19.2. The van der Waals surface area contributed by atoms with E-state index < -0.39 is 0 Å². The fourth-order valence-corrected chi connectivity index (χ4v) is 3.49. The first-order valence-corrected chi connectivity index (χ1v) is 8.10. The second-order valence-corrected chi connectivity index (χ2v) is 6.26. The van der Waals surface area contributed by atoms with Crippen LogP contribution in [0.4, 0.5) is 0 Å². The van der Waals surface area contributed by atoms with E-state index in [2.05, 4.69) is 56.1 Å². The van der Waals surface area contributed by atoms with Crippen LogP contribution in [0.3, 0.4) is 0 Å². The minimum atomic E-state index is 0.621. The highest BCUT2D eigenvalue weighted by Gasteiger charge is 2.19. The topological polar surface area (TPSA) is 9.23 Å². The van der Waals surface area contributed by atoms with E-state index in [1.54, 1.807) is 0 Å². The molecule has 0 radical (unpaired) electrons. The number of alkyl halides is 1. The molecule has 1 saturated heterocycles. The van der Waals surface area contributed by atoms with Gasteiger partial charge in [0.05, 0.1) is 0 Å². The number of rotatable bonds is 4. The monoisotopic (exact) mass is 360 g/mol. The first kappa shape index (κ1) is 13.6. The molecule has 0 spiro atoms. The molecule has 1 heterocycles. The maximum absolute atomic E-state index is 5.42. The van der Waals surface area contributed by atoms with Crippen LogP contribution in [0.1, 0.15) is 30.7 Å². The first-order valence-electron chi connectivity index (χ1n) is 6.18. The molecule has 1 aromatic carbocycles. The highest BCUT2D eigenvalue weighted by molar-refractivity contribution is 9.10. The molecule has 0 N–H and O–H groups in total. The van der Waals surface area contributed by atoms with Gasteiger partial charge in [0.2, 0.25) is 0 Å². The molecule has 1 aliphatic rings. The van der Waals surface area contributed by atoms with Crippen molar-refractivity contribution in [2.45, 2.75) is 25.2 Å². The molecule has 0 bridgehead atoms. The van der Waals surface area contributed by atoms with E-state index in [1.165, 1.54) is 29.3 Å². The van der Waals surface area contributed by atoms with E-state index in [9.17, 15) is 0 Å². The van der Waals surface area contributed by atoms with Crippen molar-refractivity contribution in [3.05, 3.63) is 34.3 Å². The molecule has 2 rings (SSSR count). The van der Waals surface area contributed by atoms with Gasteiger partial charge in [0, 0.05) is 23.0 Å². The molecule has 0 amide bonds. The van der Waals surface area contributed by atoms with E-state index in [0.29, 0.717) is 5.92 Å². The van der Waals surface area contributed by atoms with Crippen molar-refractivity contribution in [3.63, 3.8) is 0 Å². The lowest BCUT2D eigenvalue weighted by Gasteiger charge is -2.26. The zero-order chi connectivity index (χ0) is 12.1. The lowest BCUT2D eigenvalue weighted by molar-refractivity contribution is 0.0623. The quantitative estimate of drug-likeness (QED) is 0.703. The summed E-state index contributed by atoms with van der Waals surface area (Å²) in [5, 5.41) is 1.04. The van der Waals surface area contributed by atoms with Gasteiger partial charge in [0.25, 0.3) is 0 Å². The van der Waals surface area contributed by atoms with Gasteiger partial charge in [-0.15, -0.1) is 0 Å². The summed E-state index contributed by atoms with van der Waals surface area (Å²) in [6.07, 6.45) is 3.71. The maximum atomic E-state index is 5.42. The van der Waals surface area contributed by atoms with Crippen LogP contribution in [-0.4, -0.2) is 18.5 Å². The van der Waals surface area contributed by atoms with Crippen molar-refractivity contribution in [2.75, 3.05) is 18.5 Å². The second kappa shape index (κ2) is 6.91. The summed E-state index contributed by atoms with van der Waals surface area (Å²) in [5.41, 5.74) is 1.43. The van der Waals surface area contributed by atoms with E-state index in [-0.39, 0.29) is 0 Å². The SMILES string of the molecule is BrCC(CC1CCOCC1)c1cccc(Br)c1. The minimum absolute atomic E-state index is 0.621. The van der Waals surface area contributed by atoms with Gasteiger partial charge in [0.15, 0.2) is 0 Å². The van der Waals surface area contributed by atoms with Crippen LogP contribution in [0.25, 0.3) is 0 Å². The summed E-state index contributed by atoms with van der Waals surface area (Å²) >= 11 is 7.21. The van der Waals surface area contributed by atoms with E-state index in [1.807, 2.05) is 0 Å². The van der Waals surface area contributed by atoms with Crippen molar-refractivity contribution < 1.29 is 4.74 Å². The Morgan fingerprint density at radius 2 is 2.06 bits per heavy atom. The van der Waals surface area contributed by atoms with Crippen molar-refractivity contribution in [2.24, 2.45) is 5.92 Å². The third-order valence-corrected chi connectivity index (χ3v) is 4.74. The fraction of sp³-hybridized carbons (Fsp3) is 0.571. The molecular formula is C14H18Br2O. The number of halogens is 2. The zero-order valence-electron chi connectivity index (χ0n) is 9.87. The van der Waals surface area contributed by atoms with Crippen LogP contribution < -0.4 is 0 Å². The van der Waals surface area contributed by atoms with Gasteiger partial charge in [-0.1, -0.05) is 44.0 Å². The van der Waals surface area contributed by atoms with Crippen LogP contribution >= 0.6 is 31.9 Å². The van der Waals surface area contributed by atoms with Crippen molar-refractivity contribution in [1.82, 2.24) is 0 Å². The van der Waals surface area contributed by atoms with Crippen molar-refractivity contribution >= 4 is 31.9 Å². The Balaban J connectivity index is 2.00. The van der Waals surface area contributed by atoms with Gasteiger partial charge in [-0.2, -0.15) is 0 Å². The second-order valence-electron chi connectivity index (χ2n) is 4.70. The zero-order valence-corrected chi connectivity index (χ0v) is 13.0. The molecule has 3 heteroatoms. The summed E-state index contributed by atoms with van der Waals surface area (Å²) in [6.45, 7) is 1.89. The molecule has 1 atom stereocenters. The lowest BCUT2D eigenvalue weighted by Crippen LogP contribution is -2.18. The summed E-state index contributed by atoms with van der Waals surface area (Å²) < 4.78 is 6.59. The lowest BCUT2D eigenvalue weighted by atomic mass is 9.86. The van der Waals surface area contributed by atoms with Gasteiger partial charge in [-0.3, -0.25) is 0 Å². The first-order chi connectivity index (χ1) is 8.29. The summed E-state index contributed by atoms with van der Waals surface area (Å²) in [7, 11) is 0. The van der Waals surface area contributed by atoms with E-state index in [0.717, 1.165) is 24.5 Å². The third-order valence-electron chi connectivity index (χ3n) is 3.47. The molecule has 1 nitrogen and oxygen atoms in total. The molecule has 1 fully saturated rings. The van der Waals surface area contributed by atoms with Gasteiger partial charge in [-0.25, -0.2) is 0 Å². The Labute approximate surface area is 120 Å². The van der Waals surface area contributed by atoms with Crippen molar-refractivity contribution in [3.8, 4) is 0 Å². The maximum Gasteiger partial charge on any atom is 0.0468 e. The van der Waals surface area contributed by atoms with E-state index in [4.69, 9.17) is 4.74 Å². The van der Waals surface area contributed by atoms with Gasteiger partial charge in [-0.05, 0) is 48.8 Å². The Bertz CT molecular complexity index is 348. The Morgan fingerprint density at radius 1 is 1.29 bits per heavy atom. The fourth-order valence-electron chi connectivity index (χ4n) is 2.43. The molecular weight excluding hydrogens is 344 g/mol. The highest BCUT2D eigenvalue weighted by atomic mass is 79.9. The molecule has 17 heavy (non-hydrogen) atoms. The van der Waals surface area contributed by atoms with Crippen LogP contribution in [0.2, 0.25) is 0 Å². The van der Waals surface area contributed by atoms with Crippen LogP contribution in [-0.2, 0) is 4.74 Å². The third kappa shape index (κ3) is 4.08. The smallest absolute Gasteiger partial charge is 0.0468 e. The number of ether oxygens (including phenoxy) is 1. The average Bonchev–Trinajstić information content (AvgIpc) is 2.37. The van der Waals surface area contributed by atoms with Gasteiger partial charge < -0.3 is 4.74 Å². The average molecular weight is 362 g/mol. The molecule has 0 aromatic heterocycles. The van der Waals surface area contributed by atoms with Crippen LogP contribution in [0.15, 0.2) is 28.7 Å². The standard InChI is InChI=1S/C14H18Br2O/c15-10-13(8-11-4-6-17-7-5-11)12-2-1-3-14(16)9-12/h1-3,9,11,13H,4-8,10H2. The number of benzene rings is 1. The Kier molecular flexibility index (Phi) is 5.51. The number of hydrogen-bond donors (Lipinski definition) is 0. The molecule has 94 valence electrons. The summed E-state index contributed by atoms with van der Waals surface area (Å²) in [6, 6.07) is 8.68. The summed E-state index contributed by atoms with van der Waals surface area (Å²) in [4.78, 5) is 0. The van der Waals surface area contributed by atoms with Crippen LogP contribution in [0.5, 0.6) is 0 Å². The number of hydrogen-bond acceptors (Lipinski definition) is 1. The molecule has 1 aliphatic heterocycles. The molecule has 1 unspecified atom stereocenters. The molecule has 0 saturated carbocycles. The summed E-state index contributed by atoms with van der Waals surface area (Å²) in [5.74, 6) is 1.45. The molecule has 0 aliphatic carbocycles. The van der Waals surface area contributed by atoms with Crippen molar-refractivity contribution in [1.29, 1.82) is 0 Å². The van der Waals surface area contributed by atoms with Gasteiger partial charge in [0.1, 0.15) is 0 Å². The van der Waals surface area contributed by atoms with E-state index >= 15 is 0 Å². The Hall–Kier alpha value is 0.140. The predicted octanol–water partition coefficient (Wildman–Crippen LogP) is 4.74.